The predicted molar refractivity (Wildman–Crippen MR) is 83.1 cm³/mol. The number of hydrogen-bond donors (Lipinski definition) is 1. The molecule has 0 saturated heterocycles. The highest BCUT2D eigenvalue weighted by Crippen LogP contribution is 2.31. The van der Waals surface area contributed by atoms with Crippen LogP contribution in [0, 0.1) is 11.7 Å². The van der Waals surface area contributed by atoms with Gasteiger partial charge in [0, 0.05) is 18.7 Å². The lowest BCUT2D eigenvalue weighted by atomic mass is 9.79. The van der Waals surface area contributed by atoms with E-state index >= 15 is 0 Å². The third-order valence-corrected chi connectivity index (χ3v) is 4.22. The minimum absolute atomic E-state index is 0.0280. The third-order valence-electron chi connectivity index (χ3n) is 4.22. The van der Waals surface area contributed by atoms with Crippen LogP contribution in [0.4, 0.5) is 10.1 Å². The fourth-order valence-electron chi connectivity index (χ4n) is 2.61. The van der Waals surface area contributed by atoms with Gasteiger partial charge in [0.2, 0.25) is 0 Å². The molecule has 2 aromatic carbocycles. The largest absolute Gasteiger partial charge is 0.388 e. The number of carbonyl (C=O) groups excluding carboxylic acids is 1. The van der Waals surface area contributed by atoms with E-state index in [-0.39, 0.29) is 17.3 Å². The summed E-state index contributed by atoms with van der Waals surface area (Å²) in [5.41, 5.74) is 2.97. The van der Waals surface area contributed by atoms with Crippen LogP contribution in [0.1, 0.15) is 29.6 Å². The summed E-state index contributed by atoms with van der Waals surface area (Å²) in [6.45, 7) is 0. The second kappa shape index (κ2) is 5.68. The normalized spacial score (nSPS) is 14.6. The van der Waals surface area contributed by atoms with Gasteiger partial charge in [0.25, 0.3) is 0 Å². The van der Waals surface area contributed by atoms with Crippen molar-refractivity contribution in [1.29, 1.82) is 0 Å². The van der Waals surface area contributed by atoms with E-state index < -0.39 is 5.82 Å². The summed E-state index contributed by atoms with van der Waals surface area (Å²) in [6.07, 6.45) is 2.87. The second-order valence-electron chi connectivity index (χ2n) is 5.51. The van der Waals surface area contributed by atoms with E-state index in [1.54, 1.807) is 6.07 Å². The molecule has 1 aliphatic rings. The zero-order chi connectivity index (χ0) is 14.8. The Morgan fingerprint density at radius 3 is 2.29 bits per heavy atom. The molecule has 0 atom stereocenters. The van der Waals surface area contributed by atoms with E-state index in [4.69, 9.17) is 0 Å². The molecule has 0 radical (unpaired) electrons. The van der Waals surface area contributed by atoms with Crippen LogP contribution in [-0.2, 0) is 0 Å². The van der Waals surface area contributed by atoms with E-state index in [1.165, 1.54) is 6.07 Å². The van der Waals surface area contributed by atoms with Crippen molar-refractivity contribution in [3.05, 3.63) is 53.8 Å². The lowest BCUT2D eigenvalue weighted by molar-refractivity contribution is 0.0851. The van der Waals surface area contributed by atoms with Gasteiger partial charge in [-0.05, 0) is 48.2 Å². The van der Waals surface area contributed by atoms with Gasteiger partial charge in [-0.15, -0.1) is 0 Å². The minimum Gasteiger partial charge on any atom is -0.388 e. The second-order valence-corrected chi connectivity index (χ2v) is 5.51. The molecule has 0 aromatic heterocycles. The molecule has 3 heteroatoms. The molecular weight excluding hydrogens is 265 g/mol. The molecule has 1 saturated carbocycles. The molecule has 21 heavy (non-hydrogen) atoms. The van der Waals surface area contributed by atoms with Gasteiger partial charge in [-0.2, -0.15) is 0 Å². The zero-order valence-corrected chi connectivity index (χ0v) is 12.0. The first kappa shape index (κ1) is 13.8. The Hall–Kier alpha value is -2.16. The quantitative estimate of drug-likeness (QED) is 0.836. The molecular formula is C18H18FNO. The van der Waals surface area contributed by atoms with Crippen molar-refractivity contribution in [2.45, 2.75) is 19.3 Å². The summed E-state index contributed by atoms with van der Waals surface area (Å²) in [5.74, 6) is -0.432. The Bertz CT molecular complexity index is 659. The Morgan fingerprint density at radius 2 is 1.76 bits per heavy atom. The molecule has 108 valence electrons. The number of halogens is 1. The number of nitrogens with one attached hydrogen (secondary N) is 1. The Morgan fingerprint density at radius 1 is 1.10 bits per heavy atom. The Labute approximate surface area is 124 Å². The molecule has 0 unspecified atom stereocenters. The van der Waals surface area contributed by atoms with E-state index in [2.05, 4.69) is 5.32 Å². The predicted octanol–water partition coefficient (Wildman–Crippen LogP) is 4.52. The lowest BCUT2D eigenvalue weighted by Crippen LogP contribution is -2.22. The molecule has 3 rings (SSSR count). The van der Waals surface area contributed by atoms with Gasteiger partial charge >= 0.3 is 0 Å². The van der Waals surface area contributed by atoms with Crippen molar-refractivity contribution in [2.24, 2.45) is 5.92 Å². The first-order chi connectivity index (χ1) is 10.2. The summed E-state index contributed by atoms with van der Waals surface area (Å²) in [5, 5.41) is 3.05. The average Bonchev–Trinajstić information content (AvgIpc) is 2.45. The molecule has 0 heterocycles. The van der Waals surface area contributed by atoms with Gasteiger partial charge in [-0.3, -0.25) is 4.79 Å². The minimum atomic E-state index is -0.415. The van der Waals surface area contributed by atoms with Crippen molar-refractivity contribution in [2.75, 3.05) is 12.4 Å². The highest BCUT2D eigenvalue weighted by atomic mass is 19.1. The molecule has 1 aliphatic carbocycles. The number of Topliss-reactive ketones (excluding diaryl/α,β-unsaturated/α-hetero) is 1. The molecule has 0 bridgehead atoms. The average molecular weight is 283 g/mol. The first-order valence-corrected chi connectivity index (χ1v) is 7.31. The molecule has 0 amide bonds. The van der Waals surface area contributed by atoms with Gasteiger partial charge in [0.1, 0.15) is 5.82 Å². The third kappa shape index (κ3) is 2.68. The molecule has 1 fully saturated rings. The zero-order valence-electron chi connectivity index (χ0n) is 12.0. The van der Waals surface area contributed by atoms with Crippen LogP contribution < -0.4 is 5.32 Å². The van der Waals surface area contributed by atoms with Crippen LogP contribution in [-0.4, -0.2) is 12.8 Å². The van der Waals surface area contributed by atoms with Crippen molar-refractivity contribution in [3.63, 3.8) is 0 Å². The van der Waals surface area contributed by atoms with E-state index in [0.29, 0.717) is 0 Å². The topological polar surface area (TPSA) is 29.1 Å². The van der Waals surface area contributed by atoms with Gasteiger partial charge < -0.3 is 5.32 Å². The highest BCUT2D eigenvalue weighted by Gasteiger charge is 2.27. The fourth-order valence-corrected chi connectivity index (χ4v) is 2.61. The highest BCUT2D eigenvalue weighted by molar-refractivity contribution is 5.99. The van der Waals surface area contributed by atoms with Crippen molar-refractivity contribution >= 4 is 11.5 Å². The summed E-state index contributed by atoms with van der Waals surface area (Å²) in [4.78, 5) is 12.1. The van der Waals surface area contributed by atoms with Crippen LogP contribution in [0.2, 0.25) is 0 Å². The lowest BCUT2D eigenvalue weighted by Gasteiger charge is -2.24. The maximum Gasteiger partial charge on any atom is 0.168 e. The van der Waals surface area contributed by atoms with Crippen LogP contribution in [0.15, 0.2) is 42.5 Å². The van der Waals surface area contributed by atoms with E-state index in [0.717, 1.165) is 36.1 Å². The molecule has 0 aliphatic heterocycles. The summed E-state index contributed by atoms with van der Waals surface area (Å²) in [6, 6.07) is 12.7. The first-order valence-electron chi connectivity index (χ1n) is 7.31. The smallest absolute Gasteiger partial charge is 0.168 e. The summed E-state index contributed by atoms with van der Waals surface area (Å²) >= 11 is 0. The monoisotopic (exact) mass is 283 g/mol. The number of ketones is 1. The number of carbonyl (C=O) groups is 1. The molecule has 2 nitrogen and oxygen atoms in total. The number of benzene rings is 2. The number of hydrogen-bond acceptors (Lipinski definition) is 2. The Balaban J connectivity index is 1.87. The summed E-state index contributed by atoms with van der Waals surface area (Å²) in [7, 11) is 1.86. The maximum atomic E-state index is 14.2. The molecule has 0 spiro atoms. The van der Waals surface area contributed by atoms with E-state index in [1.807, 2.05) is 37.4 Å². The van der Waals surface area contributed by atoms with Crippen LogP contribution in [0.3, 0.4) is 0 Å². The van der Waals surface area contributed by atoms with Crippen molar-refractivity contribution in [1.82, 2.24) is 0 Å². The SMILES string of the molecule is CNc1ccc(-c2ccc(C(=O)C3CCC3)c(F)c2)cc1. The van der Waals surface area contributed by atoms with Crippen molar-refractivity contribution < 1.29 is 9.18 Å². The molecule has 2 aromatic rings. The van der Waals surface area contributed by atoms with Crippen LogP contribution in [0.25, 0.3) is 11.1 Å². The summed E-state index contributed by atoms with van der Waals surface area (Å²) < 4.78 is 14.2. The fraction of sp³-hybridized carbons (Fsp3) is 0.278. The maximum absolute atomic E-state index is 14.2. The molecule has 1 N–H and O–H groups in total. The van der Waals surface area contributed by atoms with Gasteiger partial charge in [0.15, 0.2) is 5.78 Å². The van der Waals surface area contributed by atoms with Crippen LogP contribution >= 0.6 is 0 Å². The standard InChI is InChI=1S/C18H18FNO/c1-20-15-8-5-12(6-9-15)14-7-10-16(17(19)11-14)18(21)13-3-2-4-13/h5-11,13,20H,2-4H2,1H3. The van der Waals surface area contributed by atoms with Gasteiger partial charge in [-0.25, -0.2) is 4.39 Å². The van der Waals surface area contributed by atoms with Gasteiger partial charge in [-0.1, -0.05) is 24.6 Å². The van der Waals surface area contributed by atoms with Crippen molar-refractivity contribution in [3.8, 4) is 11.1 Å². The number of rotatable bonds is 4. The Kier molecular flexibility index (Phi) is 3.74. The van der Waals surface area contributed by atoms with Gasteiger partial charge in [0.05, 0.1) is 5.56 Å². The van der Waals surface area contributed by atoms with E-state index in [9.17, 15) is 9.18 Å². The number of anilines is 1. The van der Waals surface area contributed by atoms with Crippen LogP contribution in [0.5, 0.6) is 0 Å².